The third-order valence-electron chi connectivity index (χ3n) is 3.67. The molecule has 0 N–H and O–H groups in total. The first-order valence-corrected chi connectivity index (χ1v) is 9.02. The molecule has 0 aliphatic carbocycles. The van der Waals surface area contributed by atoms with Gasteiger partial charge in [-0.3, -0.25) is 4.98 Å². The summed E-state index contributed by atoms with van der Waals surface area (Å²) in [4.78, 5) is 3.35. The number of nitriles is 1. The maximum Gasteiger partial charge on any atom is 0.433 e. The molecule has 0 saturated carbocycles. The van der Waals surface area contributed by atoms with Crippen LogP contribution in [0.5, 0.6) is 5.75 Å². The van der Waals surface area contributed by atoms with Gasteiger partial charge in [-0.15, -0.1) is 0 Å². The predicted molar refractivity (Wildman–Crippen MR) is 100 cm³/mol. The second-order valence-corrected chi connectivity index (χ2v) is 6.13. The Kier molecular flexibility index (Phi) is 8.80. The SMILES string of the molecule is CC.CC(C)CCCOc1ccc(-c2ccnc(C(F)(F)F)c2)cc1C#N. The summed E-state index contributed by atoms with van der Waals surface area (Å²) in [7, 11) is 0. The van der Waals surface area contributed by atoms with Crippen LogP contribution in [0.2, 0.25) is 0 Å². The van der Waals surface area contributed by atoms with E-state index in [-0.39, 0.29) is 0 Å². The van der Waals surface area contributed by atoms with Crippen LogP contribution in [0.4, 0.5) is 13.2 Å². The number of ether oxygens (including phenoxy) is 1. The Morgan fingerprint density at radius 2 is 1.78 bits per heavy atom. The molecule has 0 aliphatic rings. The molecule has 2 rings (SSSR count). The van der Waals surface area contributed by atoms with Crippen molar-refractivity contribution in [2.75, 3.05) is 6.61 Å². The van der Waals surface area contributed by atoms with Gasteiger partial charge >= 0.3 is 6.18 Å². The lowest BCUT2D eigenvalue weighted by Gasteiger charge is -2.11. The lowest BCUT2D eigenvalue weighted by molar-refractivity contribution is -0.141. The van der Waals surface area contributed by atoms with Gasteiger partial charge in [0.1, 0.15) is 17.5 Å². The van der Waals surface area contributed by atoms with Crippen molar-refractivity contribution in [2.45, 2.75) is 46.7 Å². The van der Waals surface area contributed by atoms with E-state index >= 15 is 0 Å². The van der Waals surface area contributed by atoms with Gasteiger partial charge < -0.3 is 4.74 Å². The van der Waals surface area contributed by atoms with Gasteiger partial charge in [-0.25, -0.2) is 0 Å². The minimum Gasteiger partial charge on any atom is -0.492 e. The number of hydrogen-bond donors (Lipinski definition) is 0. The van der Waals surface area contributed by atoms with E-state index in [9.17, 15) is 18.4 Å². The van der Waals surface area contributed by atoms with Crippen molar-refractivity contribution in [1.29, 1.82) is 5.26 Å². The van der Waals surface area contributed by atoms with E-state index < -0.39 is 11.9 Å². The smallest absolute Gasteiger partial charge is 0.433 e. The number of rotatable bonds is 6. The fourth-order valence-corrected chi connectivity index (χ4v) is 2.36. The standard InChI is InChI=1S/C19H19F3N2O.C2H6/c1-13(2)4-3-9-25-17-6-5-14(10-16(17)12-23)15-7-8-24-18(11-15)19(20,21)22;1-2/h5-8,10-11,13H,3-4,9H2,1-2H3;1-2H3. The highest BCUT2D eigenvalue weighted by Gasteiger charge is 2.32. The van der Waals surface area contributed by atoms with E-state index in [1.54, 1.807) is 12.1 Å². The van der Waals surface area contributed by atoms with Crippen LogP contribution in [0.3, 0.4) is 0 Å². The molecule has 0 radical (unpaired) electrons. The molecule has 146 valence electrons. The van der Waals surface area contributed by atoms with Gasteiger partial charge in [0.15, 0.2) is 0 Å². The molecule has 3 nitrogen and oxygen atoms in total. The Labute approximate surface area is 158 Å². The Bertz CT molecular complexity index is 765. The molecule has 0 aliphatic heterocycles. The molecule has 0 atom stereocenters. The third-order valence-corrected chi connectivity index (χ3v) is 3.67. The van der Waals surface area contributed by atoms with Crippen LogP contribution >= 0.6 is 0 Å². The minimum atomic E-state index is -4.51. The largest absolute Gasteiger partial charge is 0.492 e. The van der Waals surface area contributed by atoms with Crippen LogP contribution in [-0.4, -0.2) is 11.6 Å². The van der Waals surface area contributed by atoms with Gasteiger partial charge in [0.2, 0.25) is 0 Å². The number of halogens is 3. The summed E-state index contributed by atoms with van der Waals surface area (Å²) in [6, 6.07) is 9.29. The molecule has 0 saturated heterocycles. The fraction of sp³-hybridized carbons (Fsp3) is 0.429. The molecule has 0 spiro atoms. The number of aromatic nitrogens is 1. The maximum absolute atomic E-state index is 12.8. The molecule has 1 aromatic carbocycles. The van der Waals surface area contributed by atoms with Crippen LogP contribution in [0.15, 0.2) is 36.5 Å². The van der Waals surface area contributed by atoms with Crippen molar-refractivity contribution in [1.82, 2.24) is 4.98 Å². The molecule has 2 aromatic rings. The highest BCUT2D eigenvalue weighted by atomic mass is 19.4. The second-order valence-electron chi connectivity index (χ2n) is 6.13. The van der Waals surface area contributed by atoms with E-state index in [1.165, 1.54) is 12.1 Å². The number of benzene rings is 1. The molecule has 0 unspecified atom stereocenters. The van der Waals surface area contributed by atoms with Crippen LogP contribution < -0.4 is 4.74 Å². The first kappa shape index (κ1) is 22.5. The Hall–Kier alpha value is -2.55. The van der Waals surface area contributed by atoms with E-state index in [0.717, 1.165) is 25.1 Å². The highest BCUT2D eigenvalue weighted by molar-refractivity contribution is 5.67. The fourth-order valence-electron chi connectivity index (χ4n) is 2.36. The molecule has 1 aromatic heterocycles. The van der Waals surface area contributed by atoms with Crippen LogP contribution in [0.1, 0.15) is 51.8 Å². The van der Waals surface area contributed by atoms with Crippen LogP contribution in [0.25, 0.3) is 11.1 Å². The van der Waals surface area contributed by atoms with Gasteiger partial charge in [-0.2, -0.15) is 18.4 Å². The molecule has 6 heteroatoms. The highest BCUT2D eigenvalue weighted by Crippen LogP contribution is 2.32. The summed E-state index contributed by atoms with van der Waals surface area (Å²) in [5.74, 6) is 1.02. The zero-order valence-electron chi connectivity index (χ0n) is 16.1. The van der Waals surface area contributed by atoms with Gasteiger partial charge in [-0.05, 0) is 54.2 Å². The van der Waals surface area contributed by atoms with Gasteiger partial charge in [0.05, 0.1) is 12.2 Å². The van der Waals surface area contributed by atoms with E-state index in [0.29, 0.717) is 35.0 Å². The van der Waals surface area contributed by atoms with E-state index in [2.05, 4.69) is 18.8 Å². The van der Waals surface area contributed by atoms with E-state index in [4.69, 9.17) is 4.74 Å². The Morgan fingerprint density at radius 1 is 1.11 bits per heavy atom. The summed E-state index contributed by atoms with van der Waals surface area (Å²) in [5.41, 5.74) is 0.203. The summed E-state index contributed by atoms with van der Waals surface area (Å²) >= 11 is 0. The normalized spacial score (nSPS) is 10.8. The predicted octanol–water partition coefficient (Wildman–Crippen LogP) is 6.48. The van der Waals surface area contributed by atoms with Crippen LogP contribution in [-0.2, 0) is 6.18 Å². The summed E-state index contributed by atoms with van der Waals surface area (Å²) < 4.78 is 44.0. The summed E-state index contributed by atoms with van der Waals surface area (Å²) in [6.07, 6.45) is -1.49. The minimum absolute atomic E-state index is 0.299. The van der Waals surface area contributed by atoms with Crippen LogP contribution in [0, 0.1) is 17.2 Å². The van der Waals surface area contributed by atoms with E-state index in [1.807, 2.05) is 19.9 Å². The van der Waals surface area contributed by atoms with Crippen molar-refractivity contribution in [3.05, 3.63) is 47.8 Å². The zero-order valence-corrected chi connectivity index (χ0v) is 16.1. The monoisotopic (exact) mass is 378 g/mol. The topological polar surface area (TPSA) is 45.9 Å². The van der Waals surface area contributed by atoms with Crippen molar-refractivity contribution in [3.63, 3.8) is 0 Å². The maximum atomic E-state index is 12.8. The number of pyridine rings is 1. The van der Waals surface area contributed by atoms with Gasteiger partial charge in [0, 0.05) is 6.20 Å². The Balaban J connectivity index is 0.00000176. The van der Waals surface area contributed by atoms with Crippen molar-refractivity contribution in [3.8, 4) is 22.9 Å². The molecular weight excluding hydrogens is 353 g/mol. The number of alkyl halides is 3. The second kappa shape index (κ2) is 10.6. The molecule has 1 heterocycles. The lowest BCUT2D eigenvalue weighted by atomic mass is 10.0. The Morgan fingerprint density at radius 3 is 2.37 bits per heavy atom. The lowest BCUT2D eigenvalue weighted by Crippen LogP contribution is -2.07. The van der Waals surface area contributed by atoms with Gasteiger partial charge in [-0.1, -0.05) is 33.8 Å². The number of hydrogen-bond acceptors (Lipinski definition) is 3. The zero-order chi connectivity index (χ0) is 20.4. The summed E-state index contributed by atoms with van der Waals surface area (Å²) in [6.45, 7) is 8.75. The molecule has 27 heavy (non-hydrogen) atoms. The average molecular weight is 378 g/mol. The first-order chi connectivity index (χ1) is 12.8. The average Bonchev–Trinajstić information content (AvgIpc) is 2.66. The third kappa shape index (κ3) is 6.93. The van der Waals surface area contributed by atoms with Crippen molar-refractivity contribution >= 4 is 0 Å². The molecule has 0 bridgehead atoms. The van der Waals surface area contributed by atoms with Crippen molar-refractivity contribution < 1.29 is 17.9 Å². The van der Waals surface area contributed by atoms with Crippen molar-refractivity contribution in [2.24, 2.45) is 5.92 Å². The van der Waals surface area contributed by atoms with Gasteiger partial charge in [0.25, 0.3) is 0 Å². The molecular formula is C21H25F3N2O. The summed E-state index contributed by atoms with van der Waals surface area (Å²) in [5, 5.41) is 9.30. The molecule has 0 amide bonds. The number of nitrogens with zero attached hydrogens (tertiary/aromatic N) is 2. The quantitative estimate of drug-likeness (QED) is 0.540. The first-order valence-electron chi connectivity index (χ1n) is 9.02. The molecule has 0 fully saturated rings.